The topological polar surface area (TPSA) is 32.8 Å². The highest BCUT2D eigenvalue weighted by atomic mass is 19.4. The molecule has 4 nitrogen and oxygen atoms in total. The van der Waals surface area contributed by atoms with Crippen molar-refractivity contribution in [1.29, 1.82) is 0 Å². The Morgan fingerprint density at radius 1 is 1.04 bits per heavy atom. The molecule has 0 saturated carbocycles. The number of ether oxygens (including phenoxy) is 1. The van der Waals surface area contributed by atoms with Gasteiger partial charge in [-0.05, 0) is 31.4 Å². The van der Waals surface area contributed by atoms with Crippen LogP contribution in [-0.4, -0.2) is 102 Å². The van der Waals surface area contributed by atoms with Crippen molar-refractivity contribution in [2.24, 2.45) is 0 Å². The lowest BCUT2D eigenvalue weighted by Gasteiger charge is -2.65. The maximum atomic E-state index is 12.7. The molecule has 0 radical (unpaired) electrons. The fourth-order valence-corrected chi connectivity index (χ4v) is 4.46. The molecule has 0 aromatic carbocycles. The number of hydrogen-bond donors (Lipinski definition) is 0. The van der Waals surface area contributed by atoms with E-state index in [0.29, 0.717) is 0 Å². The van der Waals surface area contributed by atoms with E-state index in [0.717, 1.165) is 4.90 Å². The lowest BCUT2D eigenvalue weighted by atomic mass is 9.43. The number of piperazine rings is 1. The van der Waals surface area contributed by atoms with Crippen molar-refractivity contribution in [2.45, 2.75) is 61.4 Å². The molecular formula is C12H23B5F6N2O2. The van der Waals surface area contributed by atoms with Crippen LogP contribution in [0.1, 0.15) is 20.8 Å². The molecule has 1 fully saturated rings. The van der Waals surface area contributed by atoms with Crippen LogP contribution in [0.5, 0.6) is 0 Å². The number of halogens is 6. The monoisotopic (exact) mass is 396 g/mol. The Kier molecular flexibility index (Phi) is 6.16. The van der Waals surface area contributed by atoms with E-state index >= 15 is 0 Å². The number of hydrogen-bond acceptors (Lipinski definition) is 3. The van der Waals surface area contributed by atoms with Crippen molar-refractivity contribution in [2.75, 3.05) is 6.54 Å². The molecule has 0 spiro atoms. The van der Waals surface area contributed by atoms with Crippen molar-refractivity contribution in [3.05, 3.63) is 0 Å². The third-order valence-electron chi connectivity index (χ3n) is 4.95. The molecule has 1 aliphatic heterocycles. The summed E-state index contributed by atoms with van der Waals surface area (Å²) in [5.74, 6) is -0.681. The highest BCUT2D eigenvalue weighted by molar-refractivity contribution is 6.47. The molecule has 27 heavy (non-hydrogen) atoms. The number of amides is 1. The molecule has 1 saturated heterocycles. The fraction of sp³-hybridized carbons (Fsp3) is 0.917. The van der Waals surface area contributed by atoms with E-state index in [9.17, 15) is 31.1 Å². The van der Waals surface area contributed by atoms with Crippen LogP contribution in [0.25, 0.3) is 0 Å². The lowest BCUT2D eigenvalue weighted by Crippen LogP contribution is -2.82. The van der Waals surface area contributed by atoms with Crippen molar-refractivity contribution in [3.63, 3.8) is 0 Å². The lowest BCUT2D eigenvalue weighted by molar-refractivity contribution is -0.308. The summed E-state index contributed by atoms with van der Waals surface area (Å²) in [5, 5.41) is -1.44. The van der Waals surface area contributed by atoms with Gasteiger partial charge in [-0.2, -0.15) is 26.3 Å². The molecule has 0 aliphatic carbocycles. The molecule has 15 heteroatoms. The molecule has 0 aromatic rings. The average molecular weight is 395 g/mol. The third kappa shape index (κ3) is 4.95. The van der Waals surface area contributed by atoms with Crippen molar-refractivity contribution < 1.29 is 35.9 Å². The predicted octanol–water partition coefficient (Wildman–Crippen LogP) is -2.17. The van der Waals surface area contributed by atoms with Gasteiger partial charge in [0, 0.05) is 18.0 Å². The Morgan fingerprint density at radius 2 is 1.44 bits per heavy atom. The fourth-order valence-electron chi connectivity index (χ4n) is 4.46. The van der Waals surface area contributed by atoms with Gasteiger partial charge in [0.1, 0.15) is 39.2 Å². The van der Waals surface area contributed by atoms with E-state index in [4.69, 9.17) is 0 Å². The molecule has 150 valence electrons. The van der Waals surface area contributed by atoms with Gasteiger partial charge in [0.05, 0.1) is 0 Å². The summed E-state index contributed by atoms with van der Waals surface area (Å²) in [6.45, 7) is 5.80. The second-order valence-electron chi connectivity index (χ2n) is 9.12. The zero-order chi connectivity index (χ0) is 21.8. The Balaban J connectivity index is 3.23. The van der Waals surface area contributed by atoms with Gasteiger partial charge in [-0.25, -0.2) is 4.79 Å². The highest BCUT2D eigenvalue weighted by Gasteiger charge is 2.61. The molecule has 1 atom stereocenters. The normalized spacial score (nSPS) is 24.1. The number of rotatable bonds is 1. The number of carbonyl (C=O) groups excluding carboxylic acids is 1. The van der Waals surface area contributed by atoms with Crippen LogP contribution in [0.15, 0.2) is 0 Å². The SMILES string of the molecule is BC1N(C(=O)OC(C(F)(F)F)C(F)(F)F)CC(B)(B)N(C(C)(C)C)C1(B)B. The number of carbonyl (C=O) groups is 1. The Bertz CT molecular complexity index is 564. The molecule has 1 aliphatic rings. The van der Waals surface area contributed by atoms with Gasteiger partial charge >= 0.3 is 18.4 Å². The largest absolute Gasteiger partial charge is 0.434 e. The first-order valence-electron chi connectivity index (χ1n) is 8.54. The second kappa shape index (κ2) is 6.88. The Hall–Kier alpha value is -0.865. The maximum Gasteiger partial charge on any atom is 0.434 e. The standard InChI is InChI=1S/C12H23B5F6N2O2/c1-8(2,3)25-9(14,15)4-24(6(13)10(25,16)17)7(26)27-5(11(18,19)20)12(21,22)23/h5-6H,4,13-17H2,1-3H3. The summed E-state index contributed by atoms with van der Waals surface area (Å²) in [6, 6.07) is 0. The number of nitrogens with zero attached hydrogens (tertiary/aromatic N) is 2. The van der Waals surface area contributed by atoms with Crippen LogP contribution < -0.4 is 0 Å². The first-order valence-corrected chi connectivity index (χ1v) is 8.54. The molecule has 1 amide bonds. The molecular weight excluding hydrogens is 372 g/mol. The zero-order valence-corrected chi connectivity index (χ0v) is 16.8. The third-order valence-corrected chi connectivity index (χ3v) is 4.95. The summed E-state index contributed by atoms with van der Waals surface area (Å²) in [6.07, 6.45) is -17.3. The van der Waals surface area contributed by atoms with Crippen LogP contribution in [0.2, 0.25) is 0 Å². The number of alkyl halides is 6. The highest BCUT2D eigenvalue weighted by Crippen LogP contribution is 2.39. The average Bonchev–Trinajstić information content (AvgIpc) is 2.34. The molecule has 0 aromatic heterocycles. The minimum absolute atomic E-state index is 0.0733. The summed E-state index contributed by atoms with van der Waals surface area (Å²) in [5.41, 5.74) is -0.349. The van der Waals surface area contributed by atoms with Crippen LogP contribution in [0, 0.1) is 0 Å². The van der Waals surface area contributed by atoms with Gasteiger partial charge in [-0.15, -0.1) is 0 Å². The van der Waals surface area contributed by atoms with Gasteiger partial charge in [0.15, 0.2) is 0 Å². The van der Waals surface area contributed by atoms with Gasteiger partial charge in [-0.3, -0.25) is 0 Å². The van der Waals surface area contributed by atoms with E-state index < -0.39 is 41.2 Å². The smallest absolute Gasteiger partial charge is 0.426 e. The van der Waals surface area contributed by atoms with E-state index in [1.54, 1.807) is 39.2 Å². The van der Waals surface area contributed by atoms with Crippen LogP contribution in [-0.2, 0) is 4.74 Å². The molecule has 0 N–H and O–H groups in total. The molecule has 1 rings (SSSR count). The van der Waals surface area contributed by atoms with E-state index in [2.05, 4.69) is 9.64 Å². The van der Waals surface area contributed by atoms with Gasteiger partial charge < -0.3 is 14.5 Å². The van der Waals surface area contributed by atoms with Crippen molar-refractivity contribution >= 4 is 45.3 Å². The minimum atomic E-state index is -5.74. The van der Waals surface area contributed by atoms with Crippen molar-refractivity contribution in [3.8, 4) is 0 Å². The first-order chi connectivity index (χ1) is 11.6. The predicted molar refractivity (Wildman–Crippen MR) is 103 cm³/mol. The Morgan fingerprint density at radius 3 is 1.78 bits per heavy atom. The summed E-state index contributed by atoms with van der Waals surface area (Å²) in [7, 11) is 8.77. The molecule has 1 unspecified atom stereocenters. The maximum absolute atomic E-state index is 12.7. The van der Waals surface area contributed by atoms with Gasteiger partial charge in [0.25, 0.3) is 6.10 Å². The van der Waals surface area contributed by atoms with Gasteiger partial charge in [0.2, 0.25) is 0 Å². The quantitative estimate of drug-likeness (QED) is 0.374. The van der Waals surface area contributed by atoms with Crippen molar-refractivity contribution in [1.82, 2.24) is 9.80 Å². The first kappa shape index (κ1) is 24.2. The summed E-state index contributed by atoms with van der Waals surface area (Å²) in [4.78, 5) is 15.4. The second-order valence-corrected chi connectivity index (χ2v) is 9.12. The Labute approximate surface area is 159 Å². The zero-order valence-electron chi connectivity index (χ0n) is 16.8. The van der Waals surface area contributed by atoms with E-state index in [1.807, 2.05) is 20.8 Å². The van der Waals surface area contributed by atoms with Gasteiger partial charge in [-0.1, -0.05) is 0 Å². The summed E-state index contributed by atoms with van der Waals surface area (Å²) < 4.78 is 80.4. The van der Waals surface area contributed by atoms with E-state index in [1.165, 1.54) is 0 Å². The van der Waals surface area contributed by atoms with Crippen LogP contribution >= 0.6 is 0 Å². The molecule has 1 heterocycles. The van der Waals surface area contributed by atoms with Crippen LogP contribution in [0.3, 0.4) is 0 Å². The minimum Gasteiger partial charge on any atom is -0.426 e. The van der Waals surface area contributed by atoms with E-state index in [-0.39, 0.29) is 12.1 Å². The molecule has 0 bridgehead atoms. The summed E-state index contributed by atoms with van der Waals surface area (Å²) >= 11 is 0. The van der Waals surface area contributed by atoms with Crippen LogP contribution in [0.4, 0.5) is 31.1 Å².